The van der Waals surface area contributed by atoms with Gasteiger partial charge in [0.1, 0.15) is 17.9 Å². The van der Waals surface area contributed by atoms with Crippen LogP contribution in [0, 0.1) is 0 Å². The van der Waals surface area contributed by atoms with Gasteiger partial charge in [0, 0.05) is 38.9 Å². The number of nitrogens with one attached hydrogen (secondary N) is 1. The molecule has 1 unspecified atom stereocenters. The molecule has 1 aromatic carbocycles. The van der Waals surface area contributed by atoms with Crippen LogP contribution in [0.3, 0.4) is 0 Å². The van der Waals surface area contributed by atoms with Crippen LogP contribution in [0.25, 0.3) is 11.0 Å². The molecule has 3 aromatic rings. The zero-order chi connectivity index (χ0) is 21.3. The van der Waals surface area contributed by atoms with Gasteiger partial charge in [-0.3, -0.25) is 14.4 Å². The molecule has 1 N–H and O–H groups in total. The van der Waals surface area contributed by atoms with Gasteiger partial charge in [-0.15, -0.1) is 0 Å². The minimum Gasteiger partial charge on any atom is -0.495 e. The zero-order valence-electron chi connectivity index (χ0n) is 17.2. The molecule has 158 valence electrons. The first-order valence-electron chi connectivity index (χ1n) is 9.74. The van der Waals surface area contributed by atoms with Gasteiger partial charge in [0.2, 0.25) is 5.91 Å². The predicted molar refractivity (Wildman–Crippen MR) is 116 cm³/mol. The van der Waals surface area contributed by atoms with E-state index in [9.17, 15) is 4.79 Å². The third-order valence-electron chi connectivity index (χ3n) is 5.47. The number of carbonyl (C=O) groups excluding carboxylic acids is 1. The van der Waals surface area contributed by atoms with Crippen LogP contribution in [0.1, 0.15) is 6.92 Å². The summed E-state index contributed by atoms with van der Waals surface area (Å²) in [6.45, 7) is 4.97. The molecule has 1 amide bonds. The number of hydrogen-bond acceptors (Lipinski definition) is 7. The van der Waals surface area contributed by atoms with Gasteiger partial charge in [-0.05, 0) is 25.1 Å². The number of halogens is 1. The van der Waals surface area contributed by atoms with E-state index in [2.05, 4.69) is 30.2 Å². The molecule has 0 bridgehead atoms. The number of carbonyl (C=O) groups is 1. The van der Waals surface area contributed by atoms with Crippen LogP contribution in [0.4, 0.5) is 11.5 Å². The number of ether oxygens (including phenoxy) is 1. The van der Waals surface area contributed by atoms with Crippen LogP contribution in [0.2, 0.25) is 5.02 Å². The van der Waals surface area contributed by atoms with E-state index in [1.165, 1.54) is 0 Å². The van der Waals surface area contributed by atoms with E-state index < -0.39 is 0 Å². The maximum Gasteiger partial charge on any atom is 0.241 e. The molecular weight excluding hydrogens is 406 g/mol. The molecule has 1 saturated heterocycles. The molecule has 30 heavy (non-hydrogen) atoms. The first-order valence-corrected chi connectivity index (χ1v) is 10.1. The molecule has 1 aliphatic heterocycles. The van der Waals surface area contributed by atoms with Gasteiger partial charge in [0.25, 0.3) is 0 Å². The summed E-state index contributed by atoms with van der Waals surface area (Å²) in [6.07, 6.45) is 3.37. The van der Waals surface area contributed by atoms with Crippen molar-refractivity contribution < 1.29 is 9.53 Å². The Hall–Kier alpha value is -2.91. The van der Waals surface area contributed by atoms with Crippen LogP contribution in [-0.4, -0.2) is 69.9 Å². The minimum absolute atomic E-state index is 0.0682. The lowest BCUT2D eigenvalue weighted by atomic mass is 10.2. The first kappa shape index (κ1) is 20.4. The third-order valence-corrected chi connectivity index (χ3v) is 5.76. The van der Waals surface area contributed by atoms with E-state index in [1.54, 1.807) is 42.5 Å². The van der Waals surface area contributed by atoms with Crippen molar-refractivity contribution in [2.24, 2.45) is 7.05 Å². The highest BCUT2D eigenvalue weighted by molar-refractivity contribution is 6.32. The highest BCUT2D eigenvalue weighted by atomic mass is 35.5. The Morgan fingerprint density at radius 1 is 1.23 bits per heavy atom. The summed E-state index contributed by atoms with van der Waals surface area (Å²) in [5, 5.41) is 8.62. The number of nitrogens with zero attached hydrogens (tertiary/aromatic N) is 6. The molecule has 0 spiro atoms. The molecule has 2 aromatic heterocycles. The number of amides is 1. The van der Waals surface area contributed by atoms with Crippen molar-refractivity contribution >= 4 is 40.0 Å². The van der Waals surface area contributed by atoms with Gasteiger partial charge < -0.3 is 15.0 Å². The number of hydrogen-bond donors (Lipinski definition) is 1. The van der Waals surface area contributed by atoms with E-state index in [1.807, 2.05) is 14.0 Å². The maximum absolute atomic E-state index is 12.7. The normalized spacial score (nSPS) is 15.9. The number of fused-ring (bicyclic) bond motifs is 1. The first-order chi connectivity index (χ1) is 14.5. The fourth-order valence-corrected chi connectivity index (χ4v) is 3.94. The van der Waals surface area contributed by atoms with Crippen molar-refractivity contribution in [1.82, 2.24) is 24.6 Å². The highest BCUT2D eigenvalue weighted by Gasteiger charge is 2.27. The molecule has 0 radical (unpaired) electrons. The summed E-state index contributed by atoms with van der Waals surface area (Å²) in [5.41, 5.74) is 1.46. The number of aryl methyl sites for hydroxylation is 1. The lowest BCUT2D eigenvalue weighted by Crippen LogP contribution is -2.53. The quantitative estimate of drug-likeness (QED) is 0.664. The lowest BCUT2D eigenvalue weighted by Gasteiger charge is -2.38. The Kier molecular flexibility index (Phi) is 5.74. The van der Waals surface area contributed by atoms with Crippen LogP contribution < -0.4 is 15.0 Å². The summed E-state index contributed by atoms with van der Waals surface area (Å²) in [6, 6.07) is 4.94. The molecule has 4 rings (SSSR count). The summed E-state index contributed by atoms with van der Waals surface area (Å²) < 4.78 is 6.90. The number of benzene rings is 1. The van der Waals surface area contributed by atoms with Gasteiger partial charge in [0.15, 0.2) is 5.65 Å². The second-order valence-electron chi connectivity index (χ2n) is 7.24. The van der Waals surface area contributed by atoms with E-state index in [0.717, 1.165) is 43.0 Å². The van der Waals surface area contributed by atoms with Crippen molar-refractivity contribution in [3.05, 3.63) is 35.7 Å². The predicted octanol–water partition coefficient (Wildman–Crippen LogP) is 2.17. The van der Waals surface area contributed by atoms with Crippen LogP contribution in [0.15, 0.2) is 30.7 Å². The van der Waals surface area contributed by atoms with Crippen molar-refractivity contribution in [1.29, 1.82) is 0 Å². The number of piperazine rings is 1. The zero-order valence-corrected chi connectivity index (χ0v) is 17.9. The molecule has 0 aliphatic carbocycles. The second kappa shape index (κ2) is 8.45. The van der Waals surface area contributed by atoms with Crippen LogP contribution >= 0.6 is 11.6 Å². The third kappa shape index (κ3) is 3.90. The minimum atomic E-state index is -0.267. The number of aromatic nitrogens is 4. The molecule has 1 aliphatic rings. The van der Waals surface area contributed by atoms with Gasteiger partial charge in [-0.1, -0.05) is 11.6 Å². The van der Waals surface area contributed by atoms with E-state index >= 15 is 0 Å². The Labute approximate surface area is 179 Å². The maximum atomic E-state index is 12.7. The molecule has 1 fully saturated rings. The summed E-state index contributed by atoms with van der Waals surface area (Å²) in [7, 11) is 3.43. The average Bonchev–Trinajstić information content (AvgIpc) is 3.14. The molecule has 3 heterocycles. The molecule has 10 heteroatoms. The molecule has 9 nitrogen and oxygen atoms in total. The lowest BCUT2D eigenvalue weighted by molar-refractivity contribution is -0.120. The van der Waals surface area contributed by atoms with Crippen molar-refractivity contribution in [3.8, 4) is 5.75 Å². The second-order valence-corrected chi connectivity index (χ2v) is 7.65. The van der Waals surface area contributed by atoms with E-state index in [4.69, 9.17) is 16.3 Å². The largest absolute Gasteiger partial charge is 0.495 e. The summed E-state index contributed by atoms with van der Waals surface area (Å²) in [4.78, 5) is 25.9. The highest BCUT2D eigenvalue weighted by Crippen LogP contribution is 2.27. The summed E-state index contributed by atoms with van der Waals surface area (Å²) in [5.74, 6) is 1.39. The van der Waals surface area contributed by atoms with Gasteiger partial charge in [-0.25, -0.2) is 9.97 Å². The van der Waals surface area contributed by atoms with Crippen molar-refractivity contribution in [3.63, 3.8) is 0 Å². The number of anilines is 2. The Morgan fingerprint density at radius 2 is 2.00 bits per heavy atom. The monoisotopic (exact) mass is 429 g/mol. The van der Waals surface area contributed by atoms with E-state index in [0.29, 0.717) is 16.5 Å². The summed E-state index contributed by atoms with van der Waals surface area (Å²) >= 11 is 6.15. The van der Waals surface area contributed by atoms with Gasteiger partial charge in [-0.2, -0.15) is 5.10 Å². The van der Waals surface area contributed by atoms with Crippen molar-refractivity contribution in [2.45, 2.75) is 13.0 Å². The molecular formula is C20H24ClN7O2. The number of rotatable bonds is 5. The fraction of sp³-hybridized carbons (Fsp3) is 0.400. The van der Waals surface area contributed by atoms with Crippen LogP contribution in [-0.2, 0) is 11.8 Å². The number of methoxy groups -OCH3 is 1. The Balaban J connectivity index is 1.38. The van der Waals surface area contributed by atoms with Crippen molar-refractivity contribution in [2.75, 3.05) is 43.5 Å². The SMILES string of the molecule is COc1ccc(NC(=O)C(C)N2CCN(c3ncnc4c3cnn4C)CC2)cc1Cl. The smallest absolute Gasteiger partial charge is 0.241 e. The Morgan fingerprint density at radius 3 is 2.70 bits per heavy atom. The molecule has 1 atom stereocenters. The standard InChI is InChI=1S/C20H24ClN7O2/c1-13(20(29)25-14-4-5-17(30-3)16(21)10-14)27-6-8-28(9-7-27)19-15-11-24-26(2)18(15)22-12-23-19/h4-5,10-13H,6-9H2,1-3H3,(H,25,29). The Bertz CT molecular complexity index is 1060. The van der Waals surface area contributed by atoms with Gasteiger partial charge >= 0.3 is 0 Å². The topological polar surface area (TPSA) is 88.4 Å². The average molecular weight is 430 g/mol. The fourth-order valence-electron chi connectivity index (χ4n) is 3.68. The van der Waals surface area contributed by atoms with Crippen LogP contribution in [0.5, 0.6) is 5.75 Å². The van der Waals surface area contributed by atoms with Gasteiger partial charge in [0.05, 0.1) is 29.8 Å². The molecule has 0 saturated carbocycles. The van der Waals surface area contributed by atoms with E-state index in [-0.39, 0.29) is 11.9 Å².